The van der Waals surface area contributed by atoms with Crippen molar-refractivity contribution in [2.45, 2.75) is 65.0 Å². The van der Waals surface area contributed by atoms with Gasteiger partial charge in [-0.1, -0.05) is 27.2 Å². The molecule has 15 heavy (non-hydrogen) atoms. The lowest BCUT2D eigenvalue weighted by Crippen LogP contribution is -2.39. The van der Waals surface area contributed by atoms with Gasteiger partial charge in [0.25, 0.3) is 0 Å². The lowest BCUT2D eigenvalue weighted by atomic mass is 9.87. The summed E-state index contributed by atoms with van der Waals surface area (Å²) in [4.78, 5) is 0. The van der Waals surface area contributed by atoms with E-state index in [-0.39, 0.29) is 6.10 Å². The highest BCUT2D eigenvalue weighted by Crippen LogP contribution is 2.23. The maximum Gasteiger partial charge on any atom is 0.0690 e. The van der Waals surface area contributed by atoms with Gasteiger partial charge >= 0.3 is 0 Å². The third kappa shape index (κ3) is 4.52. The van der Waals surface area contributed by atoms with Crippen LogP contribution in [0.1, 0.15) is 52.9 Å². The first-order valence-electron chi connectivity index (χ1n) is 6.55. The Morgan fingerprint density at radius 3 is 2.40 bits per heavy atom. The molecule has 1 fully saturated rings. The molecule has 0 spiro atoms. The van der Waals surface area contributed by atoms with Crippen molar-refractivity contribution < 1.29 is 5.11 Å². The lowest BCUT2D eigenvalue weighted by molar-refractivity contribution is 0.106. The smallest absolute Gasteiger partial charge is 0.0690 e. The molecule has 2 nitrogen and oxygen atoms in total. The molecule has 2 atom stereocenters. The van der Waals surface area contributed by atoms with Gasteiger partial charge in [0.15, 0.2) is 0 Å². The average molecular weight is 213 g/mol. The largest absolute Gasteiger partial charge is 0.392 e. The molecule has 0 saturated heterocycles. The van der Waals surface area contributed by atoms with Gasteiger partial charge in [-0.15, -0.1) is 0 Å². The third-order valence-corrected chi connectivity index (χ3v) is 3.93. The predicted molar refractivity (Wildman–Crippen MR) is 64.9 cm³/mol. The summed E-state index contributed by atoms with van der Waals surface area (Å²) < 4.78 is 0. The summed E-state index contributed by atoms with van der Waals surface area (Å²) in [5, 5.41) is 13.3. The maximum absolute atomic E-state index is 9.84. The summed E-state index contributed by atoms with van der Waals surface area (Å²) in [6, 6.07) is 0.653. The molecule has 1 saturated carbocycles. The van der Waals surface area contributed by atoms with Gasteiger partial charge < -0.3 is 10.4 Å². The van der Waals surface area contributed by atoms with Gasteiger partial charge in [0.2, 0.25) is 0 Å². The summed E-state index contributed by atoms with van der Waals surface area (Å²) in [5.41, 5.74) is 0. The van der Waals surface area contributed by atoms with Gasteiger partial charge in [-0.25, -0.2) is 0 Å². The zero-order valence-corrected chi connectivity index (χ0v) is 10.5. The predicted octanol–water partition coefficient (Wildman–Crippen LogP) is 2.56. The molecule has 2 unspecified atom stereocenters. The Morgan fingerprint density at radius 1 is 1.27 bits per heavy atom. The van der Waals surface area contributed by atoms with Crippen LogP contribution in [0.3, 0.4) is 0 Å². The van der Waals surface area contributed by atoms with Crippen LogP contribution in [0.25, 0.3) is 0 Å². The van der Waals surface area contributed by atoms with Gasteiger partial charge in [-0.2, -0.15) is 0 Å². The van der Waals surface area contributed by atoms with E-state index in [1.54, 1.807) is 0 Å². The summed E-state index contributed by atoms with van der Waals surface area (Å²) in [6.07, 6.45) is 6.15. The van der Waals surface area contributed by atoms with Gasteiger partial charge in [-0.05, 0) is 37.5 Å². The van der Waals surface area contributed by atoms with Crippen molar-refractivity contribution in [3.63, 3.8) is 0 Å². The number of hydrogen-bond donors (Lipinski definition) is 2. The molecular formula is C13H27NO. The van der Waals surface area contributed by atoms with Crippen LogP contribution in [0.5, 0.6) is 0 Å². The highest BCUT2D eigenvalue weighted by Gasteiger charge is 2.19. The number of aliphatic hydroxyl groups is 1. The summed E-state index contributed by atoms with van der Waals surface area (Å²) in [7, 11) is 0. The third-order valence-electron chi connectivity index (χ3n) is 3.93. The van der Waals surface area contributed by atoms with Crippen LogP contribution in [-0.2, 0) is 0 Å². The van der Waals surface area contributed by atoms with E-state index in [4.69, 9.17) is 0 Å². The lowest BCUT2D eigenvalue weighted by Gasteiger charge is -2.28. The molecule has 0 aliphatic heterocycles. The zero-order chi connectivity index (χ0) is 11.3. The van der Waals surface area contributed by atoms with Gasteiger partial charge in [0, 0.05) is 12.6 Å². The Morgan fingerprint density at radius 2 is 1.87 bits per heavy atom. The first-order chi connectivity index (χ1) is 7.13. The van der Waals surface area contributed by atoms with E-state index < -0.39 is 0 Å². The van der Waals surface area contributed by atoms with Crippen molar-refractivity contribution in [2.24, 2.45) is 11.8 Å². The molecular weight excluding hydrogens is 186 g/mol. The Bertz CT molecular complexity index is 164. The molecule has 0 amide bonds. The van der Waals surface area contributed by atoms with E-state index >= 15 is 0 Å². The topological polar surface area (TPSA) is 32.3 Å². The first kappa shape index (κ1) is 13.0. The minimum absolute atomic E-state index is 0.172. The van der Waals surface area contributed by atoms with Crippen molar-refractivity contribution in [1.82, 2.24) is 5.32 Å². The standard InChI is InChI=1S/C13H27NO/c1-4-11(3)13(15)9-14-12-7-5-10(2)6-8-12/h10-15H,4-9H2,1-3H3. The summed E-state index contributed by atoms with van der Waals surface area (Å²) in [5.74, 6) is 1.32. The molecule has 1 aliphatic carbocycles. The SMILES string of the molecule is CCC(C)C(O)CNC1CCC(C)CC1. The Kier molecular flexibility index (Phi) is 5.62. The minimum Gasteiger partial charge on any atom is -0.392 e. The van der Waals surface area contributed by atoms with Crippen LogP contribution in [0.2, 0.25) is 0 Å². The fourth-order valence-electron chi connectivity index (χ4n) is 2.22. The van der Waals surface area contributed by atoms with Gasteiger partial charge in [0.1, 0.15) is 0 Å². The van der Waals surface area contributed by atoms with Crippen LogP contribution in [-0.4, -0.2) is 23.8 Å². The molecule has 90 valence electrons. The molecule has 2 heteroatoms. The monoisotopic (exact) mass is 213 g/mol. The van der Waals surface area contributed by atoms with Gasteiger partial charge in [-0.3, -0.25) is 0 Å². The highest BCUT2D eigenvalue weighted by molar-refractivity contribution is 4.77. The second kappa shape index (κ2) is 6.49. The van der Waals surface area contributed by atoms with Crippen molar-refractivity contribution in [1.29, 1.82) is 0 Å². The van der Waals surface area contributed by atoms with Crippen molar-refractivity contribution in [3.05, 3.63) is 0 Å². The minimum atomic E-state index is -0.172. The van der Waals surface area contributed by atoms with E-state index in [0.717, 1.165) is 18.9 Å². The number of rotatable bonds is 5. The second-order valence-corrected chi connectivity index (χ2v) is 5.32. The molecule has 0 aromatic rings. The normalized spacial score (nSPS) is 31.2. The van der Waals surface area contributed by atoms with E-state index in [0.29, 0.717) is 12.0 Å². The molecule has 0 radical (unpaired) electrons. The molecule has 1 rings (SSSR count). The summed E-state index contributed by atoms with van der Waals surface area (Å²) >= 11 is 0. The maximum atomic E-state index is 9.84. The second-order valence-electron chi connectivity index (χ2n) is 5.32. The van der Waals surface area contributed by atoms with Crippen LogP contribution in [0, 0.1) is 11.8 Å². The van der Waals surface area contributed by atoms with Crippen molar-refractivity contribution in [3.8, 4) is 0 Å². The van der Waals surface area contributed by atoms with Crippen molar-refractivity contribution >= 4 is 0 Å². The zero-order valence-electron chi connectivity index (χ0n) is 10.5. The van der Waals surface area contributed by atoms with Gasteiger partial charge in [0.05, 0.1) is 6.10 Å². The van der Waals surface area contributed by atoms with Crippen LogP contribution < -0.4 is 5.32 Å². The molecule has 1 aliphatic rings. The molecule has 0 bridgehead atoms. The fraction of sp³-hybridized carbons (Fsp3) is 1.00. The quantitative estimate of drug-likeness (QED) is 0.735. The van der Waals surface area contributed by atoms with E-state index in [9.17, 15) is 5.11 Å². The number of hydrogen-bond acceptors (Lipinski definition) is 2. The van der Waals surface area contributed by atoms with E-state index in [1.807, 2.05) is 0 Å². The van der Waals surface area contributed by atoms with E-state index in [2.05, 4.69) is 26.1 Å². The van der Waals surface area contributed by atoms with Crippen LogP contribution in [0.4, 0.5) is 0 Å². The summed E-state index contributed by atoms with van der Waals surface area (Å²) in [6.45, 7) is 7.36. The Hall–Kier alpha value is -0.0800. The average Bonchev–Trinajstić information content (AvgIpc) is 2.26. The Balaban J connectivity index is 2.14. The van der Waals surface area contributed by atoms with Crippen LogP contribution in [0.15, 0.2) is 0 Å². The molecule has 0 aromatic heterocycles. The fourth-order valence-corrected chi connectivity index (χ4v) is 2.22. The number of nitrogens with one attached hydrogen (secondary N) is 1. The van der Waals surface area contributed by atoms with Crippen LogP contribution >= 0.6 is 0 Å². The molecule has 0 aromatic carbocycles. The van der Waals surface area contributed by atoms with Crippen molar-refractivity contribution in [2.75, 3.05) is 6.54 Å². The Labute approximate surface area is 94.5 Å². The highest BCUT2D eigenvalue weighted by atomic mass is 16.3. The van der Waals surface area contributed by atoms with E-state index in [1.165, 1.54) is 25.7 Å². The number of aliphatic hydroxyl groups excluding tert-OH is 1. The molecule has 0 heterocycles. The first-order valence-corrected chi connectivity index (χ1v) is 6.55. The molecule has 2 N–H and O–H groups in total.